The van der Waals surface area contributed by atoms with Crippen molar-refractivity contribution in [2.75, 3.05) is 65.3 Å². The molecule has 226 valence electrons. The lowest BCUT2D eigenvalue weighted by molar-refractivity contribution is -0.138. The minimum atomic E-state index is -1.03. The van der Waals surface area contributed by atoms with Crippen molar-refractivity contribution in [2.45, 2.75) is 52.6 Å². The van der Waals surface area contributed by atoms with Crippen molar-refractivity contribution < 1.29 is 18.7 Å². The first-order valence-corrected chi connectivity index (χ1v) is 14.6. The van der Waals surface area contributed by atoms with Gasteiger partial charge in [-0.3, -0.25) is 19.5 Å². The number of ether oxygens (including phenoxy) is 1. The summed E-state index contributed by atoms with van der Waals surface area (Å²) < 4.78 is 19.0. The Hall–Kier alpha value is -3.24. The predicted molar refractivity (Wildman–Crippen MR) is 163 cm³/mol. The van der Waals surface area contributed by atoms with Gasteiger partial charge in [0.25, 0.3) is 0 Å². The Kier molecular flexibility index (Phi) is 12.8. The molecule has 2 aliphatic rings. The number of allylic oxidation sites excluding steroid dienone is 2. The van der Waals surface area contributed by atoms with Crippen molar-refractivity contribution in [3.05, 3.63) is 52.9 Å². The number of hydrogen-bond donors (Lipinski definition) is 3. The number of hydrogen-bond acceptors (Lipinski definition) is 7. The minimum absolute atomic E-state index is 0.0197. The third-order valence-electron chi connectivity index (χ3n) is 7.73. The lowest BCUT2D eigenvalue weighted by Crippen LogP contribution is -2.45. The number of methoxy groups -OCH3 is 1. The zero-order valence-corrected chi connectivity index (χ0v) is 25.3. The van der Waals surface area contributed by atoms with Crippen LogP contribution in [0.1, 0.15) is 44.2 Å². The molecule has 1 amide bonds. The van der Waals surface area contributed by atoms with Crippen molar-refractivity contribution in [2.24, 2.45) is 10.9 Å². The number of nitrogens with one attached hydrogen (secondary N) is 3. The number of carbonyl (C=O) groups excluding carboxylic acids is 2. The van der Waals surface area contributed by atoms with E-state index in [2.05, 4.69) is 49.5 Å². The van der Waals surface area contributed by atoms with Crippen molar-refractivity contribution in [1.29, 1.82) is 0 Å². The molecule has 1 aromatic carbocycles. The number of amides is 1. The molecule has 2 aliphatic heterocycles. The van der Waals surface area contributed by atoms with Crippen molar-refractivity contribution in [3.8, 4) is 0 Å². The van der Waals surface area contributed by atoms with Crippen LogP contribution in [0, 0.1) is 12.8 Å². The molecule has 2 unspecified atom stereocenters. The molecule has 9 nitrogen and oxygen atoms in total. The number of carbonyl (C=O) groups is 2. The van der Waals surface area contributed by atoms with Crippen molar-refractivity contribution in [3.63, 3.8) is 0 Å². The first-order chi connectivity index (χ1) is 19.6. The summed E-state index contributed by atoms with van der Waals surface area (Å²) in [5, 5.41) is 9.65. The van der Waals surface area contributed by atoms with Gasteiger partial charge in [-0.1, -0.05) is 19.1 Å². The Morgan fingerprint density at radius 2 is 1.95 bits per heavy atom. The molecule has 0 aliphatic carbocycles. The monoisotopic (exact) mass is 570 g/mol. The Morgan fingerprint density at radius 1 is 1.20 bits per heavy atom. The predicted octanol–water partition coefficient (Wildman–Crippen LogP) is 3.42. The summed E-state index contributed by atoms with van der Waals surface area (Å²) in [6, 6.07) is 5.99. The molecule has 41 heavy (non-hydrogen) atoms. The smallest absolute Gasteiger partial charge is 0.327 e. The maximum absolute atomic E-state index is 14.3. The SMILES string of the molecule is COC(=O)CN=C1CCC(NCCc2cc(NC(=O)C(C)CC=C(CN3CCN(C)CC3)C(C)F)ccc2C)=CN1. The quantitative estimate of drug-likeness (QED) is 0.247. The lowest BCUT2D eigenvalue weighted by Gasteiger charge is -2.33. The van der Waals surface area contributed by atoms with Gasteiger partial charge in [0.05, 0.1) is 7.11 Å². The molecule has 1 saturated heterocycles. The van der Waals surface area contributed by atoms with Crippen LogP contribution in [-0.2, 0) is 20.7 Å². The summed E-state index contributed by atoms with van der Waals surface area (Å²) in [4.78, 5) is 33.0. The molecule has 10 heteroatoms. The standard InChI is InChI=1S/C31H47FN6O3/c1-22-7-9-27(18-25(22)12-13-33-28-10-11-29(34-19-28)35-20-30(39)41-5)36-31(40)23(2)6-8-26(24(3)32)21-38-16-14-37(4)15-17-38/h7-9,18-19,23-24,33H,6,10-17,20-21H2,1-5H3,(H,34,35)(H,36,40). The van der Waals surface area contributed by atoms with Crippen LogP contribution in [0.2, 0.25) is 0 Å². The number of rotatable bonds is 13. The van der Waals surface area contributed by atoms with Gasteiger partial charge in [0, 0.05) is 69.2 Å². The highest BCUT2D eigenvalue weighted by atomic mass is 19.1. The third-order valence-corrected chi connectivity index (χ3v) is 7.73. The molecule has 2 heterocycles. The summed E-state index contributed by atoms with van der Waals surface area (Å²) in [6.07, 6.45) is 5.63. The number of piperazine rings is 1. The number of amidine groups is 1. The van der Waals surface area contributed by atoms with Gasteiger partial charge in [-0.05, 0) is 69.0 Å². The second-order valence-corrected chi connectivity index (χ2v) is 11.1. The summed E-state index contributed by atoms with van der Waals surface area (Å²) in [5.41, 5.74) is 4.94. The number of halogens is 1. The molecule has 0 radical (unpaired) electrons. The average molecular weight is 571 g/mol. The molecule has 0 spiro atoms. The minimum Gasteiger partial charge on any atom is -0.468 e. The van der Waals surface area contributed by atoms with Gasteiger partial charge in [0.2, 0.25) is 5.91 Å². The molecular weight excluding hydrogens is 523 g/mol. The van der Waals surface area contributed by atoms with E-state index in [1.54, 1.807) is 6.92 Å². The first-order valence-electron chi connectivity index (χ1n) is 14.6. The summed E-state index contributed by atoms with van der Waals surface area (Å²) in [6.45, 7) is 10.8. The zero-order valence-electron chi connectivity index (χ0n) is 25.3. The van der Waals surface area contributed by atoms with Crippen LogP contribution in [0.15, 0.2) is 46.7 Å². The van der Waals surface area contributed by atoms with Crippen LogP contribution >= 0.6 is 0 Å². The van der Waals surface area contributed by atoms with Gasteiger partial charge in [-0.2, -0.15) is 0 Å². The molecular formula is C31H47FN6O3. The van der Waals surface area contributed by atoms with Crippen LogP contribution in [0.25, 0.3) is 0 Å². The highest BCUT2D eigenvalue weighted by Crippen LogP contribution is 2.19. The number of aliphatic imine (C=N–C) groups is 1. The summed E-state index contributed by atoms with van der Waals surface area (Å²) in [5.74, 6) is 0.0807. The van der Waals surface area contributed by atoms with Crippen LogP contribution < -0.4 is 16.0 Å². The van der Waals surface area contributed by atoms with E-state index in [1.165, 1.54) is 12.7 Å². The molecule has 0 aromatic heterocycles. The Morgan fingerprint density at radius 3 is 2.61 bits per heavy atom. The van der Waals surface area contributed by atoms with Crippen molar-refractivity contribution >= 4 is 23.4 Å². The van der Waals surface area contributed by atoms with E-state index in [-0.39, 0.29) is 24.3 Å². The summed E-state index contributed by atoms with van der Waals surface area (Å²) >= 11 is 0. The van der Waals surface area contributed by atoms with Crippen LogP contribution in [0.5, 0.6) is 0 Å². The fraction of sp³-hybridized carbons (Fsp3) is 0.581. The van der Waals surface area contributed by atoms with Crippen molar-refractivity contribution in [1.82, 2.24) is 20.4 Å². The largest absolute Gasteiger partial charge is 0.468 e. The number of aryl methyl sites for hydroxylation is 1. The van der Waals surface area contributed by atoms with Gasteiger partial charge in [0.15, 0.2) is 0 Å². The van der Waals surface area contributed by atoms with E-state index in [0.29, 0.717) is 13.0 Å². The fourth-order valence-corrected chi connectivity index (χ4v) is 4.75. The second kappa shape index (κ2) is 16.3. The van der Waals surface area contributed by atoms with E-state index >= 15 is 0 Å². The van der Waals surface area contributed by atoms with Crippen LogP contribution in [0.4, 0.5) is 10.1 Å². The van der Waals surface area contributed by atoms with Crippen LogP contribution in [-0.4, -0.2) is 93.7 Å². The van der Waals surface area contributed by atoms with E-state index in [1.807, 2.05) is 37.4 Å². The van der Waals surface area contributed by atoms with Gasteiger partial charge in [0.1, 0.15) is 18.6 Å². The summed E-state index contributed by atoms with van der Waals surface area (Å²) in [7, 11) is 3.46. The second-order valence-electron chi connectivity index (χ2n) is 11.1. The van der Waals surface area contributed by atoms with Gasteiger partial charge in [-0.25, -0.2) is 4.39 Å². The number of anilines is 1. The number of benzene rings is 1. The highest BCUT2D eigenvalue weighted by molar-refractivity contribution is 5.92. The molecule has 1 aromatic rings. The van der Waals surface area contributed by atoms with E-state index in [9.17, 15) is 14.0 Å². The van der Waals surface area contributed by atoms with E-state index in [0.717, 1.165) is 80.3 Å². The Labute approximate surface area is 244 Å². The van der Waals surface area contributed by atoms with E-state index in [4.69, 9.17) is 0 Å². The molecule has 0 bridgehead atoms. The van der Waals surface area contributed by atoms with Gasteiger partial charge < -0.3 is 25.6 Å². The van der Waals surface area contributed by atoms with Crippen LogP contribution in [0.3, 0.4) is 0 Å². The highest BCUT2D eigenvalue weighted by Gasteiger charge is 2.19. The number of nitrogens with zero attached hydrogens (tertiary/aromatic N) is 3. The first kappa shape index (κ1) is 32.3. The molecule has 0 saturated carbocycles. The molecule has 3 rings (SSSR count). The molecule has 1 fully saturated rings. The molecule has 3 N–H and O–H groups in total. The lowest BCUT2D eigenvalue weighted by atomic mass is 10.0. The fourth-order valence-electron chi connectivity index (χ4n) is 4.75. The van der Waals surface area contributed by atoms with E-state index < -0.39 is 6.17 Å². The normalized spacial score (nSPS) is 19.2. The number of esters is 1. The van der Waals surface area contributed by atoms with Gasteiger partial charge >= 0.3 is 5.97 Å². The number of likely N-dealkylation sites (N-methyl/N-ethyl adjacent to an activating group) is 1. The Bertz CT molecular complexity index is 1120. The maximum Gasteiger partial charge on any atom is 0.327 e. The molecule has 2 atom stereocenters. The van der Waals surface area contributed by atoms with Gasteiger partial charge in [-0.15, -0.1) is 0 Å². The average Bonchev–Trinajstić information content (AvgIpc) is 2.96. The Balaban J connectivity index is 1.47. The third kappa shape index (κ3) is 10.9. The maximum atomic E-state index is 14.3. The topological polar surface area (TPSA) is 98.3 Å². The number of alkyl halides is 1. The zero-order chi connectivity index (χ0) is 29.8.